The van der Waals surface area contributed by atoms with Crippen LogP contribution in [-0.4, -0.2) is 4.57 Å². The predicted octanol–water partition coefficient (Wildman–Crippen LogP) is 11.7. The highest BCUT2D eigenvalue weighted by molar-refractivity contribution is 6.09. The Morgan fingerprint density at radius 3 is 1.90 bits per heavy atom. The fourth-order valence-corrected chi connectivity index (χ4v) is 7.34. The largest absolute Gasteiger partial charge is 0.314 e. The van der Waals surface area contributed by atoms with Gasteiger partial charge in [0.15, 0.2) is 0 Å². The van der Waals surface area contributed by atoms with Crippen LogP contribution >= 0.6 is 0 Å². The molecule has 4 nitrogen and oxygen atoms in total. The van der Waals surface area contributed by atoms with E-state index in [1.807, 2.05) is 36.4 Å². The van der Waals surface area contributed by atoms with Gasteiger partial charge in [0.05, 0.1) is 39.6 Å². The van der Waals surface area contributed by atoms with E-state index in [9.17, 15) is 10.5 Å². The van der Waals surface area contributed by atoms with Gasteiger partial charge >= 0.3 is 0 Å². The van der Waals surface area contributed by atoms with Gasteiger partial charge in [0, 0.05) is 33.3 Å². The first-order chi connectivity index (χ1) is 24.6. The second kappa shape index (κ2) is 12.8. The Morgan fingerprint density at radius 1 is 0.620 bits per heavy atom. The zero-order valence-corrected chi connectivity index (χ0v) is 27.8. The molecule has 6 aromatic carbocycles. The van der Waals surface area contributed by atoms with E-state index in [4.69, 9.17) is 0 Å². The van der Waals surface area contributed by atoms with Gasteiger partial charge in [-0.3, -0.25) is 0 Å². The second-order valence-electron chi connectivity index (χ2n) is 12.9. The first-order valence-corrected chi connectivity index (χ1v) is 17.0. The molecular weight excluding hydrogens is 609 g/mol. The lowest BCUT2D eigenvalue weighted by Crippen LogP contribution is -2.22. The van der Waals surface area contributed by atoms with Crippen molar-refractivity contribution in [3.8, 4) is 40.1 Å². The molecule has 8 rings (SSSR count). The van der Waals surface area contributed by atoms with Crippen molar-refractivity contribution >= 4 is 33.2 Å². The van der Waals surface area contributed by atoms with Crippen molar-refractivity contribution in [2.75, 3.05) is 4.90 Å². The maximum absolute atomic E-state index is 10.7. The van der Waals surface area contributed by atoms with E-state index in [0.717, 1.165) is 74.0 Å². The summed E-state index contributed by atoms with van der Waals surface area (Å²) in [7, 11) is 0. The molecule has 0 spiro atoms. The van der Waals surface area contributed by atoms with Crippen LogP contribution in [0.1, 0.15) is 30.0 Å². The highest BCUT2D eigenvalue weighted by atomic mass is 15.2. The molecule has 1 unspecified atom stereocenters. The summed E-state index contributed by atoms with van der Waals surface area (Å²) in [6.45, 7) is 6.86. The first kappa shape index (κ1) is 30.7. The number of nitriles is 2. The third kappa shape index (κ3) is 5.16. The summed E-state index contributed by atoms with van der Waals surface area (Å²) >= 11 is 0. The molecule has 50 heavy (non-hydrogen) atoms. The smallest absolute Gasteiger partial charge is 0.102 e. The van der Waals surface area contributed by atoms with E-state index in [-0.39, 0.29) is 5.92 Å². The number of hydrogen-bond donors (Lipinski definition) is 0. The van der Waals surface area contributed by atoms with Gasteiger partial charge in [0.2, 0.25) is 0 Å². The van der Waals surface area contributed by atoms with Crippen LogP contribution in [0.25, 0.3) is 49.7 Å². The molecule has 0 amide bonds. The van der Waals surface area contributed by atoms with Gasteiger partial charge in [0.25, 0.3) is 0 Å². The van der Waals surface area contributed by atoms with Gasteiger partial charge in [0.1, 0.15) is 6.07 Å². The third-order valence-corrected chi connectivity index (χ3v) is 9.91. The Balaban J connectivity index is 1.26. The zero-order valence-electron chi connectivity index (χ0n) is 27.8. The predicted molar refractivity (Wildman–Crippen MR) is 205 cm³/mol. The lowest BCUT2D eigenvalue weighted by molar-refractivity contribution is 0.682. The molecule has 0 fully saturated rings. The summed E-state index contributed by atoms with van der Waals surface area (Å²) in [4.78, 5) is 2.33. The van der Waals surface area contributed by atoms with Crippen LogP contribution in [0.4, 0.5) is 11.4 Å². The number of hydrogen-bond acceptors (Lipinski definition) is 3. The van der Waals surface area contributed by atoms with E-state index in [1.165, 1.54) is 5.56 Å². The first-order valence-electron chi connectivity index (χ1n) is 17.0. The van der Waals surface area contributed by atoms with Crippen LogP contribution in [0, 0.1) is 28.6 Å². The normalized spacial score (nSPS) is 15.1. The summed E-state index contributed by atoms with van der Waals surface area (Å²) in [5.74, 6) is 0.258. The van der Waals surface area contributed by atoms with Crippen molar-refractivity contribution in [1.29, 1.82) is 10.5 Å². The topological polar surface area (TPSA) is 55.8 Å². The average Bonchev–Trinajstić information content (AvgIpc) is 3.53. The van der Waals surface area contributed by atoms with Crippen molar-refractivity contribution in [3.05, 3.63) is 175 Å². The summed E-state index contributed by atoms with van der Waals surface area (Å²) < 4.78 is 2.12. The zero-order chi connectivity index (χ0) is 34.2. The van der Waals surface area contributed by atoms with E-state index in [2.05, 4.69) is 144 Å². The Bertz CT molecular complexity index is 2500. The Hall–Kier alpha value is -6.62. The molecule has 0 saturated carbocycles. The van der Waals surface area contributed by atoms with E-state index in [1.54, 1.807) is 0 Å². The molecule has 1 aliphatic rings. The molecule has 0 radical (unpaired) electrons. The number of aromatic nitrogens is 1. The summed E-state index contributed by atoms with van der Waals surface area (Å²) in [5.41, 5.74) is 12.0. The molecule has 1 aromatic heterocycles. The molecule has 2 heterocycles. The quantitative estimate of drug-likeness (QED) is 0.180. The summed E-state index contributed by atoms with van der Waals surface area (Å²) in [6.07, 6.45) is 6.33. The number of benzene rings is 6. The monoisotopic (exact) mass is 642 g/mol. The molecule has 7 aromatic rings. The molecule has 0 aliphatic carbocycles. The lowest BCUT2D eigenvalue weighted by atomic mass is 9.93. The molecule has 238 valence electrons. The van der Waals surface area contributed by atoms with E-state index < -0.39 is 0 Å². The van der Waals surface area contributed by atoms with Crippen molar-refractivity contribution in [3.63, 3.8) is 0 Å². The third-order valence-electron chi connectivity index (χ3n) is 9.91. The highest BCUT2D eigenvalue weighted by Crippen LogP contribution is 2.43. The van der Waals surface area contributed by atoms with Gasteiger partial charge in [-0.15, -0.1) is 0 Å². The maximum Gasteiger partial charge on any atom is 0.102 e. The minimum atomic E-state index is 0.258. The Labute approximate surface area is 292 Å². The van der Waals surface area contributed by atoms with Gasteiger partial charge in [-0.25, -0.2) is 0 Å². The van der Waals surface area contributed by atoms with Crippen molar-refractivity contribution < 1.29 is 0 Å². The molecular formula is C46H34N4. The molecule has 0 bridgehead atoms. The van der Waals surface area contributed by atoms with Crippen LogP contribution < -0.4 is 4.90 Å². The number of para-hydroxylation sites is 4. The minimum Gasteiger partial charge on any atom is -0.314 e. The highest BCUT2D eigenvalue weighted by Gasteiger charge is 2.24. The summed E-state index contributed by atoms with van der Waals surface area (Å²) in [6, 6.07) is 50.4. The van der Waals surface area contributed by atoms with Gasteiger partial charge in [-0.2, -0.15) is 10.5 Å². The van der Waals surface area contributed by atoms with Crippen molar-refractivity contribution in [2.45, 2.75) is 19.8 Å². The number of anilines is 2. The Morgan fingerprint density at radius 2 is 1.22 bits per heavy atom. The fraction of sp³-hybridized carbons (Fsp3) is 0.0870. The van der Waals surface area contributed by atoms with Crippen molar-refractivity contribution in [2.24, 2.45) is 5.92 Å². The van der Waals surface area contributed by atoms with Gasteiger partial charge in [-0.05, 0) is 71.8 Å². The second-order valence-corrected chi connectivity index (χ2v) is 12.9. The minimum absolute atomic E-state index is 0.258. The van der Waals surface area contributed by atoms with E-state index >= 15 is 0 Å². The van der Waals surface area contributed by atoms with Crippen LogP contribution in [0.15, 0.2) is 158 Å². The lowest BCUT2D eigenvalue weighted by Gasteiger charge is -2.33. The van der Waals surface area contributed by atoms with Crippen LogP contribution in [0.5, 0.6) is 0 Å². The fourth-order valence-electron chi connectivity index (χ4n) is 7.34. The molecule has 0 saturated heterocycles. The molecule has 1 aliphatic heterocycles. The number of nitrogens with zero attached hydrogens (tertiary/aromatic N) is 4. The average molecular weight is 643 g/mol. The van der Waals surface area contributed by atoms with Crippen LogP contribution in [-0.2, 0) is 6.42 Å². The van der Waals surface area contributed by atoms with Crippen LogP contribution in [0.2, 0.25) is 0 Å². The van der Waals surface area contributed by atoms with Crippen molar-refractivity contribution in [1.82, 2.24) is 4.57 Å². The standard InChI is InChI=1S/C46H34N4/c1-31-13-3-4-14-36-15-5-9-19-42(36)49(32(31)2)43-20-10-6-16-37(43)34-23-25-35(26-24-34)40-27-33(29-47)28-46(41(40)30-48)50-44-21-11-7-17-38(44)39-18-8-12-22-45(39)50/h3-12,15-28,31H,2,13-14H2,1H3/b4-3-. The van der Waals surface area contributed by atoms with E-state index in [0.29, 0.717) is 16.8 Å². The number of fused-ring (bicyclic) bond motifs is 4. The molecule has 4 heteroatoms. The SMILES string of the molecule is C=C1C(C)C/C=C\Cc2ccccc2N1c1ccccc1-c1ccc(-c2cc(C#N)cc(-n3c4ccccc4c4ccccc43)c2C#N)cc1. The maximum atomic E-state index is 10.7. The molecule has 0 N–H and O–H groups in total. The molecule has 1 atom stereocenters. The Kier molecular flexibility index (Phi) is 7.84. The van der Waals surface area contributed by atoms with Gasteiger partial charge in [-0.1, -0.05) is 123 Å². The number of allylic oxidation sites excluding steroid dienone is 3. The summed E-state index contributed by atoms with van der Waals surface area (Å²) in [5, 5.41) is 23.1. The van der Waals surface area contributed by atoms with Gasteiger partial charge < -0.3 is 9.47 Å². The van der Waals surface area contributed by atoms with Crippen LogP contribution in [0.3, 0.4) is 0 Å². The number of rotatable bonds is 4.